The molecule has 5 nitrogen and oxygen atoms in total. The van der Waals surface area contributed by atoms with Crippen molar-refractivity contribution in [3.8, 4) is 5.75 Å². The predicted molar refractivity (Wildman–Crippen MR) is 74.1 cm³/mol. The zero-order valence-corrected chi connectivity index (χ0v) is 11.7. The van der Waals surface area contributed by atoms with Crippen molar-refractivity contribution in [2.24, 2.45) is 0 Å². The molecule has 0 spiro atoms. The summed E-state index contributed by atoms with van der Waals surface area (Å²) in [6.45, 7) is 4.98. The summed E-state index contributed by atoms with van der Waals surface area (Å²) in [5, 5.41) is 0. The van der Waals surface area contributed by atoms with Crippen LogP contribution in [0.15, 0.2) is 30.3 Å². The quantitative estimate of drug-likeness (QED) is 0.430. The second kappa shape index (κ2) is 9.72. The van der Waals surface area contributed by atoms with Gasteiger partial charge in [0.25, 0.3) is 0 Å². The van der Waals surface area contributed by atoms with Crippen molar-refractivity contribution in [1.29, 1.82) is 0 Å². The highest BCUT2D eigenvalue weighted by Gasteiger charge is 2.21. The molecule has 1 fully saturated rings. The lowest BCUT2D eigenvalue weighted by Crippen LogP contribution is -2.13. The molecule has 0 aromatic heterocycles. The van der Waals surface area contributed by atoms with Gasteiger partial charge in [0, 0.05) is 0 Å². The minimum absolute atomic E-state index is 0.322. The van der Waals surface area contributed by atoms with E-state index in [1.54, 1.807) is 0 Å². The third-order valence-electron chi connectivity index (χ3n) is 2.69. The lowest BCUT2D eigenvalue weighted by molar-refractivity contribution is 0.00708. The molecular formula is C15H22O5. The number of epoxide rings is 1. The van der Waals surface area contributed by atoms with Crippen LogP contribution in [0.25, 0.3) is 0 Å². The molecule has 1 atom stereocenters. The first-order chi connectivity index (χ1) is 9.95. The standard InChI is InChI=1S/C15H22O5/c1-2-4-14(5-3-1)19-11-10-17-7-6-16-8-9-18-12-15-13-20-15/h1-5,15H,6-13H2. The zero-order chi connectivity index (χ0) is 13.9. The molecule has 0 saturated carbocycles. The van der Waals surface area contributed by atoms with Crippen LogP contribution < -0.4 is 4.74 Å². The molecule has 1 aromatic rings. The Labute approximate surface area is 119 Å². The van der Waals surface area contributed by atoms with Crippen LogP contribution >= 0.6 is 0 Å². The molecule has 0 N–H and O–H groups in total. The molecule has 1 unspecified atom stereocenters. The average Bonchev–Trinajstić information content (AvgIpc) is 3.30. The highest BCUT2D eigenvalue weighted by molar-refractivity contribution is 5.20. The fraction of sp³-hybridized carbons (Fsp3) is 0.600. The third-order valence-corrected chi connectivity index (χ3v) is 2.69. The van der Waals surface area contributed by atoms with Crippen LogP contribution in [-0.4, -0.2) is 59.0 Å². The first-order valence-corrected chi connectivity index (χ1v) is 6.98. The van der Waals surface area contributed by atoms with Gasteiger partial charge in [-0.3, -0.25) is 0 Å². The number of hydrogen-bond donors (Lipinski definition) is 0. The maximum absolute atomic E-state index is 5.50. The number of ether oxygens (including phenoxy) is 5. The number of hydrogen-bond acceptors (Lipinski definition) is 5. The summed E-state index contributed by atoms with van der Waals surface area (Å²) in [5.74, 6) is 0.865. The number of para-hydroxylation sites is 1. The predicted octanol–water partition coefficient (Wildman–Crippen LogP) is 1.51. The van der Waals surface area contributed by atoms with E-state index in [-0.39, 0.29) is 0 Å². The van der Waals surface area contributed by atoms with E-state index in [9.17, 15) is 0 Å². The fourth-order valence-corrected chi connectivity index (χ4v) is 1.55. The average molecular weight is 282 g/mol. The molecule has 1 heterocycles. The smallest absolute Gasteiger partial charge is 0.119 e. The molecule has 1 aliphatic rings. The van der Waals surface area contributed by atoms with Crippen LogP contribution in [0, 0.1) is 0 Å². The Morgan fingerprint density at radius 3 is 2.10 bits per heavy atom. The van der Waals surface area contributed by atoms with Crippen molar-refractivity contribution in [2.75, 3.05) is 52.9 Å². The van der Waals surface area contributed by atoms with Crippen LogP contribution in [-0.2, 0) is 18.9 Å². The van der Waals surface area contributed by atoms with Crippen LogP contribution in [0.4, 0.5) is 0 Å². The molecule has 112 valence electrons. The van der Waals surface area contributed by atoms with Gasteiger partial charge in [-0.1, -0.05) is 18.2 Å². The minimum Gasteiger partial charge on any atom is -0.491 e. The van der Waals surface area contributed by atoms with E-state index in [0.29, 0.717) is 52.4 Å². The van der Waals surface area contributed by atoms with Crippen molar-refractivity contribution in [2.45, 2.75) is 6.10 Å². The van der Waals surface area contributed by atoms with E-state index in [4.69, 9.17) is 23.7 Å². The molecule has 1 aliphatic heterocycles. The molecule has 0 bridgehead atoms. The Morgan fingerprint density at radius 1 is 0.850 bits per heavy atom. The Morgan fingerprint density at radius 2 is 1.45 bits per heavy atom. The van der Waals surface area contributed by atoms with Gasteiger partial charge < -0.3 is 23.7 Å². The second-order valence-corrected chi connectivity index (χ2v) is 4.42. The van der Waals surface area contributed by atoms with E-state index in [0.717, 1.165) is 12.4 Å². The van der Waals surface area contributed by atoms with Gasteiger partial charge in [-0.2, -0.15) is 0 Å². The molecule has 0 radical (unpaired) electrons. The first kappa shape index (κ1) is 15.3. The monoisotopic (exact) mass is 282 g/mol. The molecule has 1 saturated heterocycles. The third kappa shape index (κ3) is 7.45. The first-order valence-electron chi connectivity index (χ1n) is 6.98. The fourth-order valence-electron chi connectivity index (χ4n) is 1.55. The zero-order valence-electron chi connectivity index (χ0n) is 11.7. The molecule has 0 aliphatic carbocycles. The Balaban J connectivity index is 1.30. The van der Waals surface area contributed by atoms with Crippen molar-refractivity contribution >= 4 is 0 Å². The maximum Gasteiger partial charge on any atom is 0.119 e. The highest BCUT2D eigenvalue weighted by atomic mass is 16.6. The number of rotatable bonds is 12. The molecule has 0 amide bonds. The molecule has 1 aromatic carbocycles. The van der Waals surface area contributed by atoms with E-state index >= 15 is 0 Å². The summed E-state index contributed by atoms with van der Waals surface area (Å²) >= 11 is 0. The SMILES string of the molecule is c1ccc(OCCOCCOCCOCC2CO2)cc1. The summed E-state index contributed by atoms with van der Waals surface area (Å²) in [5.41, 5.74) is 0. The molecule has 2 rings (SSSR count). The van der Waals surface area contributed by atoms with E-state index < -0.39 is 0 Å². The number of benzene rings is 1. The van der Waals surface area contributed by atoms with Crippen LogP contribution in [0.2, 0.25) is 0 Å². The highest BCUT2D eigenvalue weighted by Crippen LogP contribution is 2.08. The van der Waals surface area contributed by atoms with E-state index in [1.807, 2.05) is 30.3 Å². The Hall–Kier alpha value is -1.14. The normalized spacial score (nSPS) is 17.1. The summed E-state index contributed by atoms with van der Waals surface area (Å²) in [4.78, 5) is 0. The molecular weight excluding hydrogens is 260 g/mol. The molecule has 20 heavy (non-hydrogen) atoms. The van der Waals surface area contributed by atoms with Gasteiger partial charge in [-0.05, 0) is 12.1 Å². The lowest BCUT2D eigenvalue weighted by Gasteiger charge is -2.07. The van der Waals surface area contributed by atoms with Gasteiger partial charge in [0.1, 0.15) is 18.5 Å². The maximum atomic E-state index is 5.50. The van der Waals surface area contributed by atoms with Gasteiger partial charge in [-0.25, -0.2) is 0 Å². The van der Waals surface area contributed by atoms with E-state index in [1.165, 1.54) is 0 Å². The Bertz CT molecular complexity index is 339. The van der Waals surface area contributed by atoms with Crippen molar-refractivity contribution in [1.82, 2.24) is 0 Å². The molecule has 5 heteroatoms. The largest absolute Gasteiger partial charge is 0.491 e. The van der Waals surface area contributed by atoms with Crippen LogP contribution in [0.3, 0.4) is 0 Å². The van der Waals surface area contributed by atoms with E-state index in [2.05, 4.69) is 0 Å². The van der Waals surface area contributed by atoms with Gasteiger partial charge in [0.2, 0.25) is 0 Å². The van der Waals surface area contributed by atoms with Crippen molar-refractivity contribution in [3.63, 3.8) is 0 Å². The summed E-state index contributed by atoms with van der Waals surface area (Å²) < 4.78 is 26.6. The van der Waals surface area contributed by atoms with Gasteiger partial charge >= 0.3 is 0 Å². The van der Waals surface area contributed by atoms with Crippen LogP contribution in [0.5, 0.6) is 5.75 Å². The topological polar surface area (TPSA) is 49.5 Å². The Kier molecular flexibility index (Phi) is 7.41. The summed E-state index contributed by atoms with van der Waals surface area (Å²) in [7, 11) is 0. The van der Waals surface area contributed by atoms with Gasteiger partial charge in [0.15, 0.2) is 0 Å². The van der Waals surface area contributed by atoms with Crippen molar-refractivity contribution in [3.05, 3.63) is 30.3 Å². The summed E-state index contributed by atoms with van der Waals surface area (Å²) in [6.07, 6.45) is 0.322. The lowest BCUT2D eigenvalue weighted by atomic mass is 10.3. The van der Waals surface area contributed by atoms with Gasteiger partial charge in [-0.15, -0.1) is 0 Å². The van der Waals surface area contributed by atoms with Crippen molar-refractivity contribution < 1.29 is 23.7 Å². The summed E-state index contributed by atoms with van der Waals surface area (Å²) in [6, 6.07) is 9.70. The van der Waals surface area contributed by atoms with Gasteiger partial charge in [0.05, 0.1) is 46.2 Å². The van der Waals surface area contributed by atoms with Crippen LogP contribution in [0.1, 0.15) is 0 Å². The minimum atomic E-state index is 0.322. The second-order valence-electron chi connectivity index (χ2n) is 4.42.